The van der Waals surface area contributed by atoms with Gasteiger partial charge in [-0.25, -0.2) is 0 Å². The Balaban J connectivity index is 1.93. The van der Waals surface area contributed by atoms with Crippen molar-refractivity contribution < 1.29 is 19.0 Å². The van der Waals surface area contributed by atoms with Crippen molar-refractivity contribution in [3.8, 4) is 0 Å². The quantitative estimate of drug-likeness (QED) is 0.504. The molecule has 0 aromatic heterocycles. The van der Waals surface area contributed by atoms with Crippen molar-refractivity contribution in [3.63, 3.8) is 0 Å². The number of hydrogen-bond donors (Lipinski definition) is 1. The zero-order valence-electron chi connectivity index (χ0n) is 10.5. The Bertz CT molecular complexity index is 223. The van der Waals surface area contributed by atoms with Crippen LogP contribution in [-0.4, -0.2) is 45.5 Å². The van der Waals surface area contributed by atoms with Gasteiger partial charge in [-0.2, -0.15) is 0 Å². The van der Waals surface area contributed by atoms with E-state index in [1.807, 2.05) is 0 Å². The summed E-state index contributed by atoms with van der Waals surface area (Å²) in [5.74, 6) is -0.128. The van der Waals surface area contributed by atoms with E-state index in [2.05, 4.69) is 0 Å². The smallest absolute Gasteiger partial charge is 0.309 e. The standard InChI is InChI=1S/C12H23NO4/c1-15-5-2-6-16-7-8-17-12(14)10-3-4-11(13)9-10/h10-11H,2-9,13H2,1H3. The van der Waals surface area contributed by atoms with Crippen molar-refractivity contribution >= 4 is 5.97 Å². The Morgan fingerprint density at radius 2 is 2.06 bits per heavy atom. The first-order chi connectivity index (χ1) is 8.24. The molecule has 1 fully saturated rings. The van der Waals surface area contributed by atoms with Gasteiger partial charge in [0.15, 0.2) is 0 Å². The normalized spacial score (nSPS) is 23.9. The van der Waals surface area contributed by atoms with Crippen LogP contribution in [0.4, 0.5) is 0 Å². The molecule has 17 heavy (non-hydrogen) atoms. The summed E-state index contributed by atoms with van der Waals surface area (Å²) in [7, 11) is 1.66. The van der Waals surface area contributed by atoms with E-state index in [9.17, 15) is 4.79 Å². The molecule has 1 aliphatic carbocycles. The predicted octanol–water partition coefficient (Wildman–Crippen LogP) is 0.710. The fraction of sp³-hybridized carbons (Fsp3) is 0.917. The van der Waals surface area contributed by atoms with Gasteiger partial charge in [0.1, 0.15) is 6.61 Å². The summed E-state index contributed by atoms with van der Waals surface area (Å²) in [5.41, 5.74) is 5.74. The number of carbonyl (C=O) groups is 1. The second-order valence-corrected chi connectivity index (χ2v) is 4.40. The third kappa shape index (κ3) is 6.00. The van der Waals surface area contributed by atoms with Crippen LogP contribution in [0.25, 0.3) is 0 Å². The van der Waals surface area contributed by atoms with Gasteiger partial charge in [-0.05, 0) is 25.7 Å². The summed E-state index contributed by atoms with van der Waals surface area (Å²) in [6.07, 6.45) is 3.40. The van der Waals surface area contributed by atoms with Gasteiger partial charge in [0, 0.05) is 26.4 Å². The number of ether oxygens (including phenoxy) is 3. The van der Waals surface area contributed by atoms with E-state index in [0.717, 1.165) is 25.7 Å². The fourth-order valence-electron chi connectivity index (χ4n) is 1.96. The number of carbonyl (C=O) groups excluding carboxylic acids is 1. The molecular weight excluding hydrogens is 222 g/mol. The van der Waals surface area contributed by atoms with Crippen LogP contribution in [-0.2, 0) is 19.0 Å². The number of methoxy groups -OCH3 is 1. The topological polar surface area (TPSA) is 70.8 Å². The van der Waals surface area contributed by atoms with Crippen molar-refractivity contribution in [2.24, 2.45) is 11.7 Å². The highest BCUT2D eigenvalue weighted by Crippen LogP contribution is 2.24. The molecule has 2 unspecified atom stereocenters. The maximum absolute atomic E-state index is 11.6. The molecule has 1 aliphatic rings. The molecule has 5 heteroatoms. The zero-order chi connectivity index (χ0) is 12.5. The molecule has 0 aromatic carbocycles. The van der Waals surface area contributed by atoms with Gasteiger partial charge in [-0.3, -0.25) is 4.79 Å². The number of nitrogens with two attached hydrogens (primary N) is 1. The SMILES string of the molecule is COCCCOCCOC(=O)C1CCC(N)C1. The van der Waals surface area contributed by atoms with Crippen LogP contribution < -0.4 is 5.73 Å². The van der Waals surface area contributed by atoms with Crippen molar-refractivity contribution in [3.05, 3.63) is 0 Å². The van der Waals surface area contributed by atoms with E-state index in [4.69, 9.17) is 19.9 Å². The molecular formula is C12H23NO4. The van der Waals surface area contributed by atoms with E-state index >= 15 is 0 Å². The average Bonchev–Trinajstić information content (AvgIpc) is 2.74. The minimum absolute atomic E-state index is 0.00140. The molecule has 1 rings (SSSR count). The fourth-order valence-corrected chi connectivity index (χ4v) is 1.96. The lowest BCUT2D eigenvalue weighted by Gasteiger charge is -2.10. The monoisotopic (exact) mass is 245 g/mol. The van der Waals surface area contributed by atoms with Crippen LogP contribution in [0, 0.1) is 5.92 Å². The van der Waals surface area contributed by atoms with Crippen LogP contribution in [0.3, 0.4) is 0 Å². The van der Waals surface area contributed by atoms with Crippen molar-refractivity contribution in [2.45, 2.75) is 31.7 Å². The summed E-state index contributed by atoms with van der Waals surface area (Å²) in [5, 5.41) is 0. The lowest BCUT2D eigenvalue weighted by molar-refractivity contribution is -0.149. The van der Waals surface area contributed by atoms with Crippen molar-refractivity contribution in [2.75, 3.05) is 33.5 Å². The Labute approximate surface area is 103 Å². The first-order valence-electron chi connectivity index (χ1n) is 6.23. The summed E-state index contributed by atoms with van der Waals surface area (Å²) in [4.78, 5) is 11.6. The molecule has 2 atom stereocenters. The molecule has 0 aliphatic heterocycles. The highest BCUT2D eigenvalue weighted by Gasteiger charge is 2.28. The van der Waals surface area contributed by atoms with Crippen LogP contribution in [0.5, 0.6) is 0 Å². The van der Waals surface area contributed by atoms with Gasteiger partial charge in [-0.15, -0.1) is 0 Å². The van der Waals surface area contributed by atoms with Crippen LogP contribution >= 0.6 is 0 Å². The summed E-state index contributed by atoms with van der Waals surface area (Å²) >= 11 is 0. The Morgan fingerprint density at radius 1 is 1.24 bits per heavy atom. The van der Waals surface area contributed by atoms with E-state index in [-0.39, 0.29) is 17.9 Å². The molecule has 1 saturated carbocycles. The molecule has 0 bridgehead atoms. The molecule has 0 heterocycles. The van der Waals surface area contributed by atoms with E-state index in [1.54, 1.807) is 7.11 Å². The molecule has 0 aromatic rings. The highest BCUT2D eigenvalue weighted by molar-refractivity contribution is 5.72. The second-order valence-electron chi connectivity index (χ2n) is 4.40. The first kappa shape index (κ1) is 14.4. The number of rotatable bonds is 8. The summed E-state index contributed by atoms with van der Waals surface area (Å²) < 4.78 is 15.3. The second kappa shape index (κ2) is 8.44. The van der Waals surface area contributed by atoms with Gasteiger partial charge >= 0.3 is 5.97 Å². The van der Waals surface area contributed by atoms with Gasteiger partial charge in [-0.1, -0.05) is 0 Å². The third-order valence-electron chi connectivity index (χ3n) is 2.92. The maximum Gasteiger partial charge on any atom is 0.309 e. The van der Waals surface area contributed by atoms with Gasteiger partial charge < -0.3 is 19.9 Å². The highest BCUT2D eigenvalue weighted by atomic mass is 16.6. The van der Waals surface area contributed by atoms with Crippen molar-refractivity contribution in [1.82, 2.24) is 0 Å². The Morgan fingerprint density at radius 3 is 2.71 bits per heavy atom. The zero-order valence-corrected chi connectivity index (χ0v) is 10.5. The van der Waals surface area contributed by atoms with Gasteiger partial charge in [0.05, 0.1) is 12.5 Å². The maximum atomic E-state index is 11.6. The minimum atomic E-state index is -0.126. The predicted molar refractivity (Wildman–Crippen MR) is 63.6 cm³/mol. The van der Waals surface area contributed by atoms with Gasteiger partial charge in [0.25, 0.3) is 0 Å². The van der Waals surface area contributed by atoms with Crippen LogP contribution in [0.15, 0.2) is 0 Å². The van der Waals surface area contributed by atoms with E-state index < -0.39 is 0 Å². The molecule has 5 nitrogen and oxygen atoms in total. The van der Waals surface area contributed by atoms with E-state index in [0.29, 0.717) is 26.4 Å². The molecule has 0 radical (unpaired) electrons. The molecule has 100 valence electrons. The lowest BCUT2D eigenvalue weighted by Crippen LogP contribution is -2.21. The van der Waals surface area contributed by atoms with Crippen molar-refractivity contribution in [1.29, 1.82) is 0 Å². The summed E-state index contributed by atoms with van der Waals surface area (Å²) in [6, 6.07) is 0.165. The molecule has 0 saturated heterocycles. The summed E-state index contributed by atoms with van der Waals surface area (Å²) in [6.45, 7) is 2.12. The van der Waals surface area contributed by atoms with Crippen LogP contribution in [0.1, 0.15) is 25.7 Å². The van der Waals surface area contributed by atoms with E-state index in [1.165, 1.54) is 0 Å². The molecule has 0 amide bonds. The van der Waals surface area contributed by atoms with Crippen LogP contribution in [0.2, 0.25) is 0 Å². The minimum Gasteiger partial charge on any atom is -0.463 e. The lowest BCUT2D eigenvalue weighted by atomic mass is 10.1. The Kier molecular flexibility index (Phi) is 7.16. The first-order valence-corrected chi connectivity index (χ1v) is 6.23. The Hall–Kier alpha value is -0.650. The number of esters is 1. The largest absolute Gasteiger partial charge is 0.463 e. The molecule has 0 spiro atoms. The third-order valence-corrected chi connectivity index (χ3v) is 2.92. The average molecular weight is 245 g/mol. The molecule has 2 N–H and O–H groups in total. The van der Waals surface area contributed by atoms with Gasteiger partial charge in [0.2, 0.25) is 0 Å². The number of hydrogen-bond acceptors (Lipinski definition) is 5.